The Bertz CT molecular complexity index is 341. The van der Waals surface area contributed by atoms with Crippen LogP contribution in [0.5, 0.6) is 5.75 Å². The van der Waals surface area contributed by atoms with E-state index in [9.17, 15) is 0 Å². The second-order valence-corrected chi connectivity index (χ2v) is 4.90. The summed E-state index contributed by atoms with van der Waals surface area (Å²) in [5.74, 6) is 1.00. The van der Waals surface area contributed by atoms with Crippen LogP contribution >= 0.6 is 0 Å². The molecule has 0 spiro atoms. The Morgan fingerprint density at radius 2 is 1.89 bits per heavy atom. The molecule has 2 N–H and O–H groups in total. The minimum absolute atomic E-state index is 0.798. The van der Waals surface area contributed by atoms with Crippen LogP contribution in [-0.4, -0.2) is 38.2 Å². The second-order valence-electron chi connectivity index (χ2n) is 4.90. The number of hydrogen-bond donors (Lipinski definition) is 1. The molecule has 0 aromatic heterocycles. The molecule has 0 heterocycles. The van der Waals surface area contributed by atoms with Crippen molar-refractivity contribution in [3.05, 3.63) is 29.8 Å². The zero-order valence-electron chi connectivity index (χ0n) is 12.4. The van der Waals surface area contributed by atoms with Crippen molar-refractivity contribution in [2.45, 2.75) is 32.6 Å². The molecule has 0 radical (unpaired) electrons. The summed E-state index contributed by atoms with van der Waals surface area (Å²) in [4.78, 5) is 2.53. The number of methoxy groups -OCH3 is 1. The zero-order chi connectivity index (χ0) is 13.9. The van der Waals surface area contributed by atoms with Crippen LogP contribution in [-0.2, 0) is 6.42 Å². The number of rotatable bonds is 10. The smallest absolute Gasteiger partial charge is 0.122 e. The van der Waals surface area contributed by atoms with Gasteiger partial charge in [0.15, 0.2) is 0 Å². The van der Waals surface area contributed by atoms with Gasteiger partial charge in [0.1, 0.15) is 5.75 Å². The van der Waals surface area contributed by atoms with Crippen LogP contribution in [0.4, 0.5) is 0 Å². The standard InChI is InChI=1S/C16H28N2O/c1-3-12-18(13-7-6-11-17)14-10-15-8-4-5-9-16(15)19-2/h4-5,8-9H,3,6-7,10-14,17H2,1-2H3. The van der Waals surface area contributed by atoms with Gasteiger partial charge in [-0.25, -0.2) is 0 Å². The van der Waals surface area contributed by atoms with Crippen molar-refractivity contribution in [2.24, 2.45) is 5.73 Å². The first-order valence-corrected chi connectivity index (χ1v) is 7.36. The van der Waals surface area contributed by atoms with Gasteiger partial charge in [-0.3, -0.25) is 0 Å². The van der Waals surface area contributed by atoms with Crippen LogP contribution in [0.15, 0.2) is 24.3 Å². The fourth-order valence-corrected chi connectivity index (χ4v) is 2.32. The lowest BCUT2D eigenvalue weighted by Gasteiger charge is -2.22. The van der Waals surface area contributed by atoms with E-state index in [0.29, 0.717) is 0 Å². The number of para-hydroxylation sites is 1. The topological polar surface area (TPSA) is 38.5 Å². The summed E-state index contributed by atoms with van der Waals surface area (Å²) in [5, 5.41) is 0. The summed E-state index contributed by atoms with van der Waals surface area (Å²) in [6, 6.07) is 8.29. The molecule has 0 aliphatic heterocycles. The second kappa shape index (κ2) is 9.82. The maximum absolute atomic E-state index is 5.56. The van der Waals surface area contributed by atoms with Gasteiger partial charge in [0.2, 0.25) is 0 Å². The Balaban J connectivity index is 2.45. The van der Waals surface area contributed by atoms with Gasteiger partial charge in [0.05, 0.1) is 7.11 Å². The third kappa shape index (κ3) is 6.08. The molecule has 1 aromatic rings. The molecule has 1 rings (SSSR count). The lowest BCUT2D eigenvalue weighted by molar-refractivity contribution is 0.271. The monoisotopic (exact) mass is 264 g/mol. The van der Waals surface area contributed by atoms with Crippen LogP contribution in [0.2, 0.25) is 0 Å². The summed E-state index contributed by atoms with van der Waals surface area (Å²) < 4.78 is 5.40. The summed E-state index contributed by atoms with van der Waals surface area (Å²) in [7, 11) is 1.74. The molecular formula is C16H28N2O. The van der Waals surface area contributed by atoms with Crippen LogP contribution in [0.1, 0.15) is 31.7 Å². The molecule has 108 valence electrons. The first-order chi connectivity index (χ1) is 9.31. The molecule has 0 saturated carbocycles. The first-order valence-electron chi connectivity index (χ1n) is 7.36. The molecule has 1 aromatic carbocycles. The quantitative estimate of drug-likeness (QED) is 0.660. The highest BCUT2D eigenvalue weighted by molar-refractivity contribution is 5.33. The maximum Gasteiger partial charge on any atom is 0.122 e. The Morgan fingerprint density at radius 3 is 2.58 bits per heavy atom. The average Bonchev–Trinajstić information content (AvgIpc) is 2.45. The number of ether oxygens (including phenoxy) is 1. The molecule has 0 bridgehead atoms. The van der Waals surface area contributed by atoms with Gasteiger partial charge in [0.25, 0.3) is 0 Å². The third-order valence-electron chi connectivity index (χ3n) is 3.36. The fourth-order valence-electron chi connectivity index (χ4n) is 2.32. The van der Waals surface area contributed by atoms with Crippen molar-refractivity contribution in [1.29, 1.82) is 0 Å². The van der Waals surface area contributed by atoms with Gasteiger partial charge in [-0.2, -0.15) is 0 Å². The Morgan fingerprint density at radius 1 is 1.11 bits per heavy atom. The van der Waals surface area contributed by atoms with Crippen molar-refractivity contribution in [2.75, 3.05) is 33.3 Å². The Hall–Kier alpha value is -1.06. The fraction of sp³-hybridized carbons (Fsp3) is 0.625. The number of unbranched alkanes of at least 4 members (excludes halogenated alkanes) is 1. The molecule has 0 saturated heterocycles. The SMILES string of the molecule is CCCN(CCCCN)CCc1ccccc1OC. The van der Waals surface area contributed by atoms with E-state index in [4.69, 9.17) is 10.5 Å². The molecule has 0 fully saturated rings. The first kappa shape index (κ1) is 16.0. The maximum atomic E-state index is 5.56. The van der Waals surface area contributed by atoms with E-state index in [1.165, 1.54) is 24.9 Å². The number of nitrogens with zero attached hydrogens (tertiary/aromatic N) is 1. The predicted octanol–water partition coefficient (Wildman–Crippen LogP) is 2.69. The minimum atomic E-state index is 0.798. The molecule has 0 amide bonds. The van der Waals surface area contributed by atoms with E-state index < -0.39 is 0 Å². The van der Waals surface area contributed by atoms with Crippen molar-refractivity contribution < 1.29 is 4.74 Å². The zero-order valence-corrected chi connectivity index (χ0v) is 12.4. The lowest BCUT2D eigenvalue weighted by Crippen LogP contribution is -2.28. The van der Waals surface area contributed by atoms with Gasteiger partial charge in [-0.15, -0.1) is 0 Å². The van der Waals surface area contributed by atoms with Gasteiger partial charge in [0, 0.05) is 6.54 Å². The van der Waals surface area contributed by atoms with E-state index >= 15 is 0 Å². The number of benzene rings is 1. The summed E-state index contributed by atoms with van der Waals surface area (Å²) in [6.07, 6.45) is 4.57. The summed E-state index contributed by atoms with van der Waals surface area (Å²) in [6.45, 7) is 6.45. The van der Waals surface area contributed by atoms with Crippen molar-refractivity contribution in [1.82, 2.24) is 4.90 Å². The molecule has 0 aliphatic carbocycles. The molecule has 0 aliphatic rings. The predicted molar refractivity (Wildman–Crippen MR) is 81.7 cm³/mol. The van der Waals surface area contributed by atoms with Crippen molar-refractivity contribution in [3.8, 4) is 5.75 Å². The van der Waals surface area contributed by atoms with Crippen LogP contribution in [0, 0.1) is 0 Å². The van der Waals surface area contributed by atoms with E-state index in [-0.39, 0.29) is 0 Å². The summed E-state index contributed by atoms with van der Waals surface area (Å²) in [5.41, 5.74) is 6.85. The van der Waals surface area contributed by atoms with Crippen molar-refractivity contribution >= 4 is 0 Å². The largest absolute Gasteiger partial charge is 0.496 e. The minimum Gasteiger partial charge on any atom is -0.496 e. The van der Waals surface area contributed by atoms with Crippen molar-refractivity contribution in [3.63, 3.8) is 0 Å². The number of nitrogens with two attached hydrogens (primary N) is 1. The highest BCUT2D eigenvalue weighted by atomic mass is 16.5. The van der Waals surface area contributed by atoms with E-state index in [1.807, 2.05) is 12.1 Å². The van der Waals surface area contributed by atoms with Gasteiger partial charge in [-0.1, -0.05) is 25.1 Å². The van der Waals surface area contributed by atoms with Crippen LogP contribution < -0.4 is 10.5 Å². The summed E-state index contributed by atoms with van der Waals surface area (Å²) >= 11 is 0. The molecular weight excluding hydrogens is 236 g/mol. The molecule has 19 heavy (non-hydrogen) atoms. The van der Waals surface area contributed by atoms with Gasteiger partial charge in [-0.05, 0) is 56.9 Å². The highest BCUT2D eigenvalue weighted by Gasteiger charge is 2.06. The average molecular weight is 264 g/mol. The highest BCUT2D eigenvalue weighted by Crippen LogP contribution is 2.18. The van der Waals surface area contributed by atoms with E-state index in [2.05, 4.69) is 24.0 Å². The van der Waals surface area contributed by atoms with E-state index in [0.717, 1.165) is 38.2 Å². The van der Waals surface area contributed by atoms with Crippen LogP contribution in [0.3, 0.4) is 0 Å². The lowest BCUT2D eigenvalue weighted by atomic mass is 10.1. The Kier molecular flexibility index (Phi) is 8.26. The van der Waals surface area contributed by atoms with Gasteiger partial charge >= 0.3 is 0 Å². The third-order valence-corrected chi connectivity index (χ3v) is 3.36. The molecule has 0 atom stereocenters. The normalized spacial score (nSPS) is 10.9. The Labute approximate surface area is 117 Å². The molecule has 3 nitrogen and oxygen atoms in total. The van der Waals surface area contributed by atoms with E-state index in [1.54, 1.807) is 7.11 Å². The molecule has 0 unspecified atom stereocenters. The number of hydrogen-bond acceptors (Lipinski definition) is 3. The van der Waals surface area contributed by atoms with Crippen LogP contribution in [0.25, 0.3) is 0 Å². The molecule has 3 heteroatoms. The van der Waals surface area contributed by atoms with Gasteiger partial charge < -0.3 is 15.4 Å².